The Balaban J connectivity index is 1.32. The number of hydrogen-bond acceptors (Lipinski definition) is 4. The number of nitriles is 1. The molecule has 2 aromatic carbocycles. The second-order valence-corrected chi connectivity index (χ2v) is 7.75. The molecule has 0 saturated carbocycles. The van der Waals surface area contributed by atoms with Crippen LogP contribution in [-0.4, -0.2) is 35.5 Å². The van der Waals surface area contributed by atoms with E-state index in [1.165, 1.54) is 12.1 Å². The molecular weight excluding hydrogens is 381 g/mol. The van der Waals surface area contributed by atoms with Gasteiger partial charge in [0.15, 0.2) is 6.61 Å². The first kappa shape index (κ1) is 19.8. The van der Waals surface area contributed by atoms with Gasteiger partial charge in [-0.25, -0.2) is 4.39 Å². The Labute approximate surface area is 174 Å². The minimum atomic E-state index is -0.527. The van der Waals surface area contributed by atoms with Gasteiger partial charge in [-0.15, -0.1) is 0 Å². The molecule has 30 heavy (non-hydrogen) atoms. The zero-order chi connectivity index (χ0) is 21.0. The van der Waals surface area contributed by atoms with Crippen LogP contribution in [0.4, 0.5) is 4.39 Å². The monoisotopic (exact) mass is 403 g/mol. The smallest absolute Gasteiger partial charge is 0.260 e. The van der Waals surface area contributed by atoms with Crippen molar-refractivity contribution < 1.29 is 13.9 Å². The van der Waals surface area contributed by atoms with Crippen LogP contribution >= 0.6 is 0 Å². The van der Waals surface area contributed by atoms with Gasteiger partial charge in [0, 0.05) is 30.9 Å². The predicted octanol–water partition coefficient (Wildman–Crippen LogP) is 4.13. The number of amides is 1. The van der Waals surface area contributed by atoms with E-state index in [9.17, 15) is 14.4 Å². The van der Waals surface area contributed by atoms with Gasteiger partial charge in [-0.05, 0) is 60.5 Å². The van der Waals surface area contributed by atoms with Gasteiger partial charge in [0.05, 0.1) is 11.5 Å². The van der Waals surface area contributed by atoms with Crippen molar-refractivity contribution in [2.75, 3.05) is 19.7 Å². The van der Waals surface area contributed by atoms with Crippen LogP contribution in [0.15, 0.2) is 60.9 Å². The lowest BCUT2D eigenvalue weighted by molar-refractivity contribution is -0.135. The summed E-state index contributed by atoms with van der Waals surface area (Å²) >= 11 is 0. The summed E-state index contributed by atoms with van der Waals surface area (Å²) in [7, 11) is 0. The summed E-state index contributed by atoms with van der Waals surface area (Å²) in [6.07, 6.45) is 5.24. The summed E-state index contributed by atoms with van der Waals surface area (Å²) in [4.78, 5) is 18.4. The van der Waals surface area contributed by atoms with Crippen LogP contribution < -0.4 is 4.74 Å². The van der Waals surface area contributed by atoms with Gasteiger partial charge in [-0.3, -0.25) is 9.78 Å². The number of pyridine rings is 1. The lowest BCUT2D eigenvalue weighted by Gasteiger charge is -2.37. The van der Waals surface area contributed by atoms with Crippen LogP contribution in [0.1, 0.15) is 18.4 Å². The lowest BCUT2D eigenvalue weighted by Crippen LogP contribution is -2.45. The molecule has 1 aliphatic heterocycles. The Bertz CT molecular complexity index is 1080. The van der Waals surface area contributed by atoms with Crippen molar-refractivity contribution in [3.63, 3.8) is 0 Å². The first-order chi connectivity index (χ1) is 14.6. The molecule has 1 saturated heterocycles. The molecule has 152 valence electrons. The normalized spacial score (nSPS) is 15.5. The van der Waals surface area contributed by atoms with Gasteiger partial charge in [0.25, 0.3) is 5.91 Å². The van der Waals surface area contributed by atoms with Crippen molar-refractivity contribution >= 4 is 16.7 Å². The van der Waals surface area contributed by atoms with E-state index in [4.69, 9.17) is 4.74 Å². The van der Waals surface area contributed by atoms with Crippen molar-refractivity contribution in [1.29, 1.82) is 5.26 Å². The Hall–Kier alpha value is -3.46. The highest BCUT2D eigenvalue weighted by molar-refractivity contribution is 5.83. The fourth-order valence-corrected chi connectivity index (χ4v) is 3.89. The highest BCUT2D eigenvalue weighted by Crippen LogP contribution is 2.34. The topological polar surface area (TPSA) is 66.2 Å². The minimum absolute atomic E-state index is 0.0384. The number of nitrogens with zero attached hydrogens (tertiary/aromatic N) is 3. The first-order valence-electron chi connectivity index (χ1n) is 9.97. The predicted molar refractivity (Wildman–Crippen MR) is 111 cm³/mol. The number of rotatable bonds is 5. The van der Waals surface area contributed by atoms with Crippen molar-refractivity contribution in [2.45, 2.75) is 19.3 Å². The van der Waals surface area contributed by atoms with Gasteiger partial charge in [-0.1, -0.05) is 18.2 Å². The van der Waals surface area contributed by atoms with E-state index >= 15 is 0 Å². The van der Waals surface area contributed by atoms with Crippen molar-refractivity contribution in [3.8, 4) is 11.8 Å². The minimum Gasteiger partial charge on any atom is -0.484 e. The molecule has 3 aromatic rings. The number of halogens is 1. The molecule has 2 heterocycles. The molecule has 4 rings (SSSR count). The number of ether oxygens (including phenoxy) is 1. The third kappa shape index (κ3) is 4.41. The molecular formula is C24H22FN3O2. The largest absolute Gasteiger partial charge is 0.484 e. The molecule has 1 aliphatic rings. The van der Waals surface area contributed by atoms with Crippen molar-refractivity contribution in [3.05, 3.63) is 72.3 Å². The van der Waals surface area contributed by atoms with Gasteiger partial charge in [0.1, 0.15) is 11.6 Å². The number of carbonyl (C=O) groups is 1. The summed E-state index contributed by atoms with van der Waals surface area (Å²) in [6, 6.07) is 16.3. The van der Waals surface area contributed by atoms with Crippen LogP contribution in [-0.2, 0) is 11.2 Å². The number of likely N-dealkylation sites (tertiary alicyclic amines) is 1. The Morgan fingerprint density at radius 2 is 1.90 bits per heavy atom. The lowest BCUT2D eigenvalue weighted by atomic mass is 9.75. The maximum Gasteiger partial charge on any atom is 0.260 e. The van der Waals surface area contributed by atoms with Gasteiger partial charge in [-0.2, -0.15) is 5.26 Å². The summed E-state index contributed by atoms with van der Waals surface area (Å²) in [5.74, 6) is 0.256. The highest BCUT2D eigenvalue weighted by atomic mass is 19.1. The third-order valence-electron chi connectivity index (χ3n) is 5.74. The second kappa shape index (κ2) is 8.50. The zero-order valence-electron chi connectivity index (χ0n) is 16.6. The third-order valence-corrected chi connectivity index (χ3v) is 5.74. The number of fused-ring (bicyclic) bond motifs is 1. The van der Waals surface area contributed by atoms with Gasteiger partial charge < -0.3 is 9.64 Å². The quantitative estimate of drug-likeness (QED) is 0.643. The average Bonchev–Trinajstić information content (AvgIpc) is 2.79. The molecule has 5 nitrogen and oxygen atoms in total. The molecule has 1 amide bonds. The van der Waals surface area contributed by atoms with E-state index in [1.54, 1.807) is 29.4 Å². The molecule has 0 unspecified atom stereocenters. The van der Waals surface area contributed by atoms with E-state index in [2.05, 4.69) is 11.1 Å². The molecule has 6 heteroatoms. The fraction of sp³-hybridized carbons (Fsp3) is 0.292. The molecule has 0 atom stereocenters. The van der Waals surface area contributed by atoms with Crippen LogP contribution in [0.5, 0.6) is 5.75 Å². The van der Waals surface area contributed by atoms with Crippen molar-refractivity contribution in [2.24, 2.45) is 5.41 Å². The highest BCUT2D eigenvalue weighted by Gasteiger charge is 2.36. The molecule has 0 bridgehead atoms. The number of carbonyl (C=O) groups excluding carboxylic acids is 1. The first-order valence-corrected chi connectivity index (χ1v) is 9.97. The maximum atomic E-state index is 13.1. The van der Waals surface area contributed by atoms with E-state index in [0.717, 1.165) is 16.3 Å². The van der Waals surface area contributed by atoms with Crippen LogP contribution in [0.25, 0.3) is 10.8 Å². The summed E-state index contributed by atoms with van der Waals surface area (Å²) in [5.41, 5.74) is 0.410. The summed E-state index contributed by atoms with van der Waals surface area (Å²) in [5, 5.41) is 11.8. The second-order valence-electron chi connectivity index (χ2n) is 7.75. The summed E-state index contributed by atoms with van der Waals surface area (Å²) < 4.78 is 18.8. The summed E-state index contributed by atoms with van der Waals surface area (Å²) in [6.45, 7) is 0.987. The van der Waals surface area contributed by atoms with Gasteiger partial charge >= 0.3 is 0 Å². The Morgan fingerprint density at radius 3 is 2.63 bits per heavy atom. The number of benzene rings is 2. The van der Waals surface area contributed by atoms with E-state index < -0.39 is 5.41 Å². The molecule has 1 fully saturated rings. The molecule has 0 N–H and O–H groups in total. The van der Waals surface area contributed by atoms with E-state index in [0.29, 0.717) is 38.1 Å². The Morgan fingerprint density at radius 1 is 1.13 bits per heavy atom. The number of aromatic nitrogens is 1. The van der Waals surface area contributed by atoms with Crippen LogP contribution in [0, 0.1) is 22.6 Å². The SMILES string of the molecule is N#CC1(Cc2ccc(F)cc2)CCN(C(=O)COc2ccc3ccncc3c2)CC1. The van der Waals surface area contributed by atoms with Gasteiger partial charge in [0.2, 0.25) is 0 Å². The molecule has 0 aliphatic carbocycles. The standard InChI is InChI=1S/C24H22FN3O2/c25-21-4-1-18(2-5-21)14-24(17-26)8-11-28(12-9-24)23(29)16-30-22-6-3-19-7-10-27-15-20(19)13-22/h1-7,10,13,15H,8-9,11-12,14,16H2. The van der Waals surface area contributed by atoms with Crippen molar-refractivity contribution in [1.82, 2.24) is 9.88 Å². The molecule has 1 aromatic heterocycles. The number of hydrogen-bond donors (Lipinski definition) is 0. The van der Waals surface area contributed by atoms with Crippen LogP contribution in [0.3, 0.4) is 0 Å². The molecule has 0 radical (unpaired) electrons. The number of piperidine rings is 1. The van der Waals surface area contributed by atoms with Crippen LogP contribution in [0.2, 0.25) is 0 Å². The van der Waals surface area contributed by atoms with E-state index in [1.807, 2.05) is 24.3 Å². The molecule has 0 spiro atoms. The maximum absolute atomic E-state index is 13.1. The average molecular weight is 403 g/mol. The Kier molecular flexibility index (Phi) is 5.62. The fourth-order valence-electron chi connectivity index (χ4n) is 3.89. The zero-order valence-corrected chi connectivity index (χ0v) is 16.6. The van der Waals surface area contributed by atoms with E-state index in [-0.39, 0.29) is 18.3 Å².